The molecule has 3 aromatic carbocycles. The van der Waals surface area contributed by atoms with Gasteiger partial charge in [-0.1, -0.05) is 24.3 Å². The number of hydrogen-bond acceptors (Lipinski definition) is 9. The van der Waals surface area contributed by atoms with Gasteiger partial charge in [-0.2, -0.15) is 0 Å². The zero-order chi connectivity index (χ0) is 30.9. The molecule has 2 aliphatic rings. The molecular weight excluding hydrogens is 660 g/mol. The number of halogens is 1. The number of urea groups is 1. The number of amides is 3. The molecule has 0 atom stereocenters. The summed E-state index contributed by atoms with van der Waals surface area (Å²) in [6.07, 6.45) is 1.39. The van der Waals surface area contributed by atoms with E-state index in [2.05, 4.69) is 41.4 Å². The Hall–Kier alpha value is -4.56. The summed E-state index contributed by atoms with van der Waals surface area (Å²) in [7, 11) is 1.61. The Kier molecular flexibility index (Phi) is 8.06. The number of carbonyl (C=O) groups excluding carboxylic acids is 2. The second-order valence-corrected chi connectivity index (χ2v) is 12.2. The Bertz CT molecular complexity index is 1910. The van der Waals surface area contributed by atoms with Gasteiger partial charge in [0.15, 0.2) is 5.82 Å². The van der Waals surface area contributed by atoms with Crippen LogP contribution in [0.3, 0.4) is 0 Å². The minimum absolute atomic E-state index is 0.323. The van der Waals surface area contributed by atoms with Crippen LogP contribution in [-0.4, -0.2) is 60.2 Å². The highest BCUT2D eigenvalue weighted by atomic mass is 79.9. The van der Waals surface area contributed by atoms with Crippen LogP contribution in [0.4, 0.5) is 27.7 Å². The Morgan fingerprint density at radius 2 is 1.89 bits per heavy atom. The predicted octanol–water partition coefficient (Wildman–Crippen LogP) is 7.02. The molecule has 0 spiro atoms. The van der Waals surface area contributed by atoms with E-state index in [0.29, 0.717) is 72.9 Å². The van der Waals surface area contributed by atoms with Crippen LogP contribution in [0.2, 0.25) is 0 Å². The second-order valence-electron chi connectivity index (χ2n) is 10.3. The summed E-state index contributed by atoms with van der Waals surface area (Å²) in [4.78, 5) is 40.7. The summed E-state index contributed by atoms with van der Waals surface area (Å²) in [5.41, 5.74) is 2.54. The third kappa shape index (κ3) is 5.82. The first-order valence-corrected chi connectivity index (χ1v) is 15.8. The Morgan fingerprint density at radius 1 is 1.07 bits per heavy atom. The molecule has 0 saturated carbocycles. The van der Waals surface area contributed by atoms with E-state index in [-0.39, 0.29) is 5.91 Å². The molecular formula is C32H27BrN6O5S. The Labute approximate surface area is 270 Å². The smallest absolute Gasteiger partial charge is 0.332 e. The van der Waals surface area contributed by atoms with Crippen molar-refractivity contribution in [2.75, 3.05) is 48.9 Å². The van der Waals surface area contributed by atoms with Crippen LogP contribution < -0.4 is 25.0 Å². The summed E-state index contributed by atoms with van der Waals surface area (Å²) < 4.78 is 17.7. The molecule has 11 nitrogen and oxygen atoms in total. The van der Waals surface area contributed by atoms with Crippen molar-refractivity contribution in [1.29, 1.82) is 0 Å². The number of para-hydroxylation sites is 1. The number of nitrogens with zero attached hydrogens (tertiary/aromatic N) is 4. The van der Waals surface area contributed by atoms with Gasteiger partial charge in [-0.05, 0) is 52.3 Å². The van der Waals surface area contributed by atoms with Gasteiger partial charge in [-0.3, -0.25) is 9.69 Å². The summed E-state index contributed by atoms with van der Waals surface area (Å²) in [6.45, 7) is 3.86. The van der Waals surface area contributed by atoms with Gasteiger partial charge in [0, 0.05) is 37.0 Å². The topological polar surface area (TPSA) is 118 Å². The van der Waals surface area contributed by atoms with E-state index < -0.39 is 6.03 Å². The second kappa shape index (κ2) is 12.4. The lowest BCUT2D eigenvalue weighted by atomic mass is 10.1. The van der Waals surface area contributed by atoms with E-state index in [9.17, 15) is 9.59 Å². The lowest BCUT2D eigenvalue weighted by molar-refractivity contribution is 0.0339. The number of benzene rings is 3. The highest BCUT2D eigenvalue weighted by molar-refractivity contribution is 9.10. The maximum Gasteiger partial charge on any atom is 0.332 e. The van der Waals surface area contributed by atoms with Gasteiger partial charge in [0.2, 0.25) is 0 Å². The standard InChI is InChI=1S/C32H27BrN6O5S/c1-42-25-15-20(8-7-19(25)17-38-11-13-43-14-12-38)36-30(40)28-27-26-29(34-18-35-31(26)45-28)39(32(41)37-27)21-9-10-24(23(33)16-21)44-22-5-3-2-4-6-22/h2-10,15-16,18H,11-14,17H2,1H3,(H,36,40)(H,37,41). The first-order valence-electron chi connectivity index (χ1n) is 14.2. The average Bonchev–Trinajstić information content (AvgIpc) is 3.43. The number of anilines is 4. The molecule has 0 unspecified atom stereocenters. The van der Waals surface area contributed by atoms with Crippen LogP contribution in [0.5, 0.6) is 17.2 Å². The molecule has 2 N–H and O–H groups in total. The molecule has 4 heterocycles. The van der Waals surface area contributed by atoms with Crippen molar-refractivity contribution in [2.24, 2.45) is 0 Å². The van der Waals surface area contributed by atoms with E-state index in [4.69, 9.17) is 14.2 Å². The monoisotopic (exact) mass is 686 g/mol. The predicted molar refractivity (Wildman–Crippen MR) is 176 cm³/mol. The third-order valence-electron chi connectivity index (χ3n) is 7.51. The van der Waals surface area contributed by atoms with E-state index in [1.165, 1.54) is 22.6 Å². The summed E-state index contributed by atoms with van der Waals surface area (Å²) in [5.74, 6) is 1.97. The largest absolute Gasteiger partial charge is 0.496 e. The van der Waals surface area contributed by atoms with Crippen molar-refractivity contribution in [3.63, 3.8) is 0 Å². The van der Waals surface area contributed by atoms with E-state index in [1.54, 1.807) is 31.4 Å². The molecule has 228 valence electrons. The molecule has 0 bridgehead atoms. The van der Waals surface area contributed by atoms with Crippen molar-refractivity contribution in [1.82, 2.24) is 14.9 Å². The van der Waals surface area contributed by atoms with Crippen LogP contribution in [0.1, 0.15) is 15.2 Å². The summed E-state index contributed by atoms with van der Waals surface area (Å²) in [5, 5.41) is 6.46. The first kappa shape index (κ1) is 29.2. The third-order valence-corrected chi connectivity index (χ3v) is 9.22. The zero-order valence-electron chi connectivity index (χ0n) is 24.1. The molecule has 2 aliphatic heterocycles. The number of aromatic nitrogens is 2. The Morgan fingerprint density at radius 3 is 2.67 bits per heavy atom. The number of nitrogens with one attached hydrogen (secondary N) is 2. The zero-order valence-corrected chi connectivity index (χ0v) is 26.5. The van der Waals surface area contributed by atoms with Gasteiger partial charge in [-0.15, -0.1) is 11.3 Å². The number of methoxy groups -OCH3 is 1. The van der Waals surface area contributed by atoms with Crippen molar-refractivity contribution in [3.8, 4) is 17.2 Å². The maximum absolute atomic E-state index is 13.6. The van der Waals surface area contributed by atoms with Crippen LogP contribution in [-0.2, 0) is 11.3 Å². The fraction of sp³-hybridized carbons (Fsp3) is 0.188. The number of carbonyl (C=O) groups is 2. The highest BCUT2D eigenvalue weighted by Gasteiger charge is 2.34. The SMILES string of the molecule is COc1cc(NC(=O)c2sc3ncnc4c3c2NC(=O)N4c2ccc(Oc3ccccc3)c(Br)c2)ccc1CN1CCOCC1. The normalized spacial score (nSPS) is 14.7. The number of rotatable bonds is 8. The van der Waals surface area contributed by atoms with E-state index in [1.807, 2.05) is 42.5 Å². The minimum atomic E-state index is -0.451. The van der Waals surface area contributed by atoms with Crippen LogP contribution in [0.15, 0.2) is 77.5 Å². The molecule has 1 saturated heterocycles. The molecule has 0 aliphatic carbocycles. The average molecular weight is 688 g/mol. The Balaban J connectivity index is 1.15. The van der Waals surface area contributed by atoms with Gasteiger partial charge >= 0.3 is 6.03 Å². The summed E-state index contributed by atoms with van der Waals surface area (Å²) in [6, 6.07) is 19.9. The van der Waals surface area contributed by atoms with Gasteiger partial charge < -0.3 is 24.8 Å². The van der Waals surface area contributed by atoms with Crippen molar-refractivity contribution >= 4 is 72.3 Å². The molecule has 7 rings (SSSR count). The first-order chi connectivity index (χ1) is 22.0. The molecule has 2 aromatic heterocycles. The van der Waals surface area contributed by atoms with E-state index >= 15 is 0 Å². The van der Waals surface area contributed by atoms with E-state index in [0.717, 1.165) is 25.2 Å². The molecule has 13 heteroatoms. The van der Waals surface area contributed by atoms with Gasteiger partial charge in [-0.25, -0.2) is 19.7 Å². The summed E-state index contributed by atoms with van der Waals surface area (Å²) >= 11 is 4.76. The minimum Gasteiger partial charge on any atom is -0.496 e. The number of hydrogen-bond donors (Lipinski definition) is 2. The highest BCUT2D eigenvalue weighted by Crippen LogP contribution is 2.46. The van der Waals surface area contributed by atoms with Gasteiger partial charge in [0.25, 0.3) is 5.91 Å². The lowest BCUT2D eigenvalue weighted by Crippen LogP contribution is -2.35. The molecule has 3 amide bonds. The van der Waals surface area contributed by atoms with Crippen LogP contribution in [0, 0.1) is 0 Å². The van der Waals surface area contributed by atoms with Gasteiger partial charge in [0.05, 0.1) is 41.6 Å². The van der Waals surface area contributed by atoms with Crippen LogP contribution in [0.25, 0.3) is 10.2 Å². The fourth-order valence-electron chi connectivity index (χ4n) is 5.33. The molecule has 45 heavy (non-hydrogen) atoms. The quantitative estimate of drug-likeness (QED) is 0.179. The number of thiophene rings is 1. The maximum atomic E-state index is 13.6. The van der Waals surface area contributed by atoms with Crippen molar-refractivity contribution in [2.45, 2.75) is 6.54 Å². The van der Waals surface area contributed by atoms with Crippen LogP contribution >= 0.6 is 27.3 Å². The molecule has 5 aromatic rings. The fourth-order valence-corrected chi connectivity index (χ4v) is 6.77. The number of ether oxygens (including phenoxy) is 3. The molecule has 1 fully saturated rings. The van der Waals surface area contributed by atoms with Crippen molar-refractivity contribution in [3.05, 3.63) is 88.0 Å². The van der Waals surface area contributed by atoms with Gasteiger partial charge in [0.1, 0.15) is 33.3 Å². The number of morpholine rings is 1. The lowest BCUT2D eigenvalue weighted by Gasteiger charge is -2.27. The molecule has 0 radical (unpaired) electrons. The van der Waals surface area contributed by atoms with Crippen molar-refractivity contribution < 1.29 is 23.8 Å².